The number of nitrogens with zero attached hydrogens (tertiary/aromatic N) is 2. The van der Waals surface area contributed by atoms with Gasteiger partial charge in [0, 0.05) is 12.4 Å². The van der Waals surface area contributed by atoms with Crippen molar-refractivity contribution in [2.75, 3.05) is 11.5 Å². The molecule has 0 atom stereocenters. The zero-order valence-electron chi connectivity index (χ0n) is 17.0. The van der Waals surface area contributed by atoms with Crippen LogP contribution in [-0.2, 0) is 19.7 Å². The molecule has 10 heteroatoms. The van der Waals surface area contributed by atoms with Crippen LogP contribution in [0, 0.1) is 5.92 Å². The van der Waals surface area contributed by atoms with Gasteiger partial charge in [-0.1, -0.05) is 33.8 Å². The van der Waals surface area contributed by atoms with Crippen LogP contribution < -0.4 is 5.43 Å². The van der Waals surface area contributed by atoms with E-state index >= 15 is 0 Å². The predicted molar refractivity (Wildman–Crippen MR) is 113 cm³/mol. The van der Waals surface area contributed by atoms with Crippen molar-refractivity contribution < 1.29 is 21.6 Å². The van der Waals surface area contributed by atoms with Crippen LogP contribution in [0.4, 0.5) is 0 Å². The van der Waals surface area contributed by atoms with Gasteiger partial charge in [0.15, 0.2) is 19.7 Å². The molecule has 0 bridgehead atoms. The highest BCUT2D eigenvalue weighted by Crippen LogP contribution is 2.34. The maximum Gasteiger partial charge on any atom is 0.289 e. The van der Waals surface area contributed by atoms with E-state index in [-0.39, 0.29) is 40.0 Å². The molecule has 2 rings (SSSR count). The lowest BCUT2D eigenvalue weighted by Gasteiger charge is -2.09. The minimum absolute atomic E-state index is 0.0724. The van der Waals surface area contributed by atoms with Crippen molar-refractivity contribution in [2.24, 2.45) is 11.0 Å². The number of amides is 1. The second kappa shape index (κ2) is 9.08. The molecule has 0 saturated heterocycles. The molecule has 8 nitrogen and oxygen atoms in total. The molecule has 1 N–H and O–H groups in total. The lowest BCUT2D eigenvalue weighted by atomic mass is 10.3. The Bertz CT molecular complexity index is 1130. The Morgan fingerprint density at radius 3 is 2.21 bits per heavy atom. The average Bonchev–Trinajstić information content (AvgIpc) is 2.98. The Kier molecular flexibility index (Phi) is 7.23. The molecule has 29 heavy (non-hydrogen) atoms. The Morgan fingerprint density at radius 1 is 1.07 bits per heavy atom. The lowest BCUT2D eigenvalue weighted by Crippen LogP contribution is -2.23. The Hall–Kier alpha value is -2.20. The van der Waals surface area contributed by atoms with E-state index < -0.39 is 30.5 Å². The summed E-state index contributed by atoms with van der Waals surface area (Å²) in [5, 5.41) is 3.85. The fourth-order valence-electron chi connectivity index (χ4n) is 3.00. The van der Waals surface area contributed by atoms with Crippen molar-refractivity contribution in [3.8, 4) is 0 Å². The molecule has 0 saturated carbocycles. The molecular formula is C19H27N3O5S2. The first-order valence-electron chi connectivity index (χ1n) is 9.48. The van der Waals surface area contributed by atoms with Gasteiger partial charge in [0.05, 0.1) is 17.0 Å². The molecule has 0 spiro atoms. The van der Waals surface area contributed by atoms with Crippen LogP contribution in [0.3, 0.4) is 0 Å². The van der Waals surface area contributed by atoms with Crippen molar-refractivity contribution in [3.05, 3.63) is 30.1 Å². The summed E-state index contributed by atoms with van der Waals surface area (Å²) >= 11 is 0. The summed E-state index contributed by atoms with van der Waals surface area (Å²) in [5.41, 5.74) is 2.24. The van der Waals surface area contributed by atoms with Crippen molar-refractivity contribution in [2.45, 2.75) is 50.3 Å². The van der Waals surface area contributed by atoms with E-state index in [4.69, 9.17) is 0 Å². The number of hydrogen-bond acceptors (Lipinski definition) is 6. The average molecular weight is 442 g/mol. The van der Waals surface area contributed by atoms with Crippen LogP contribution in [0.25, 0.3) is 5.52 Å². The Balaban J connectivity index is 2.90. The number of aromatic nitrogens is 1. The first-order chi connectivity index (χ1) is 13.6. The maximum absolute atomic E-state index is 13.1. The fourth-order valence-corrected chi connectivity index (χ4v) is 6.98. The number of carbonyl (C=O) groups excluding carboxylic acids is 1. The van der Waals surface area contributed by atoms with E-state index in [0.29, 0.717) is 6.42 Å². The third kappa shape index (κ3) is 4.87. The zero-order valence-corrected chi connectivity index (χ0v) is 18.7. The third-order valence-corrected chi connectivity index (χ3v) is 8.15. The Morgan fingerprint density at radius 2 is 1.66 bits per heavy atom. The van der Waals surface area contributed by atoms with Crippen LogP contribution in [0.5, 0.6) is 0 Å². The van der Waals surface area contributed by atoms with Gasteiger partial charge in [-0.05, 0) is 30.9 Å². The molecule has 2 heterocycles. The number of carbonyl (C=O) groups is 1. The number of hydrogen-bond donors (Lipinski definition) is 1. The molecule has 2 aromatic rings. The van der Waals surface area contributed by atoms with Gasteiger partial charge in [-0.15, -0.1) is 0 Å². The molecule has 0 aliphatic heterocycles. The van der Waals surface area contributed by atoms with Crippen LogP contribution in [0.2, 0.25) is 0 Å². The standard InChI is InChI=1S/C19H27N3O5S2/c1-5-11-28(24,25)17-15-9-7-8-10-22(15)16(18(17)29(26,27)12-6-2)19(23)21-20-13-14(3)4/h7-10,13-14H,5-6,11-12H2,1-4H3,(H,21,23). The van der Waals surface area contributed by atoms with E-state index in [2.05, 4.69) is 10.5 Å². The fraction of sp³-hybridized carbons (Fsp3) is 0.474. The molecule has 0 aliphatic carbocycles. The van der Waals surface area contributed by atoms with E-state index in [9.17, 15) is 21.6 Å². The van der Waals surface area contributed by atoms with Crippen LogP contribution in [0.15, 0.2) is 39.3 Å². The molecular weight excluding hydrogens is 414 g/mol. The first kappa shape index (κ1) is 23.1. The van der Waals surface area contributed by atoms with Crippen molar-refractivity contribution >= 4 is 37.3 Å². The number of hydrazone groups is 1. The Labute approximate surface area is 171 Å². The van der Waals surface area contributed by atoms with E-state index in [1.165, 1.54) is 22.9 Å². The second-order valence-electron chi connectivity index (χ2n) is 7.06. The topological polar surface area (TPSA) is 114 Å². The number of pyridine rings is 1. The smallest absolute Gasteiger partial charge is 0.289 e. The largest absolute Gasteiger partial charge is 0.310 e. The van der Waals surface area contributed by atoms with Gasteiger partial charge in [-0.3, -0.25) is 4.79 Å². The molecule has 0 unspecified atom stereocenters. The minimum Gasteiger partial charge on any atom is -0.310 e. The first-order valence-corrected chi connectivity index (χ1v) is 12.8. The number of nitrogens with one attached hydrogen (secondary N) is 1. The highest BCUT2D eigenvalue weighted by atomic mass is 32.2. The summed E-state index contributed by atoms with van der Waals surface area (Å²) < 4.78 is 53.5. The molecule has 0 aromatic carbocycles. The minimum atomic E-state index is -4.03. The molecule has 0 fully saturated rings. The summed E-state index contributed by atoms with van der Waals surface area (Å²) in [5.74, 6) is -1.20. The summed E-state index contributed by atoms with van der Waals surface area (Å²) in [4.78, 5) is 12.1. The second-order valence-corrected chi connectivity index (χ2v) is 11.2. The third-order valence-electron chi connectivity index (χ3n) is 4.08. The summed E-state index contributed by atoms with van der Waals surface area (Å²) in [6.45, 7) is 7.12. The van der Waals surface area contributed by atoms with Crippen LogP contribution in [0.1, 0.15) is 51.0 Å². The highest BCUT2D eigenvalue weighted by molar-refractivity contribution is 7.94. The van der Waals surface area contributed by atoms with E-state index in [1.54, 1.807) is 26.0 Å². The van der Waals surface area contributed by atoms with E-state index in [0.717, 1.165) is 0 Å². The SMILES string of the molecule is CCCS(=O)(=O)c1c(S(=O)(=O)CCC)c2ccccn2c1C(=O)NN=CC(C)C. The van der Waals surface area contributed by atoms with E-state index in [1.807, 2.05) is 13.8 Å². The highest BCUT2D eigenvalue weighted by Gasteiger charge is 2.36. The summed E-state index contributed by atoms with van der Waals surface area (Å²) in [6, 6.07) is 4.71. The van der Waals surface area contributed by atoms with Crippen molar-refractivity contribution in [1.29, 1.82) is 0 Å². The van der Waals surface area contributed by atoms with Gasteiger partial charge >= 0.3 is 0 Å². The van der Waals surface area contributed by atoms with Gasteiger partial charge in [-0.25, -0.2) is 22.3 Å². The van der Waals surface area contributed by atoms with Gasteiger partial charge in [-0.2, -0.15) is 5.10 Å². The molecule has 2 aromatic heterocycles. The van der Waals surface area contributed by atoms with Gasteiger partial charge in [0.25, 0.3) is 5.91 Å². The number of rotatable bonds is 9. The lowest BCUT2D eigenvalue weighted by molar-refractivity contribution is 0.0945. The normalized spacial score (nSPS) is 12.9. The molecule has 1 amide bonds. The summed E-state index contributed by atoms with van der Waals surface area (Å²) in [6.07, 6.45) is 3.59. The molecule has 0 aliphatic rings. The zero-order chi connectivity index (χ0) is 21.8. The molecule has 160 valence electrons. The van der Waals surface area contributed by atoms with Crippen molar-refractivity contribution in [1.82, 2.24) is 9.83 Å². The van der Waals surface area contributed by atoms with Gasteiger partial charge in [0.1, 0.15) is 15.5 Å². The van der Waals surface area contributed by atoms with Gasteiger partial charge in [0.2, 0.25) is 0 Å². The summed E-state index contributed by atoms with van der Waals surface area (Å²) in [7, 11) is -7.97. The monoisotopic (exact) mass is 441 g/mol. The van der Waals surface area contributed by atoms with Crippen LogP contribution in [-0.4, -0.2) is 44.9 Å². The molecule has 0 radical (unpaired) electrons. The predicted octanol–water partition coefficient (Wildman–Crippen LogP) is 2.68. The van der Waals surface area contributed by atoms with Crippen LogP contribution >= 0.6 is 0 Å². The quantitative estimate of drug-likeness (QED) is 0.475. The number of sulfone groups is 2. The van der Waals surface area contributed by atoms with Gasteiger partial charge < -0.3 is 4.40 Å². The number of fused-ring (bicyclic) bond motifs is 1. The van der Waals surface area contributed by atoms with Crippen molar-refractivity contribution in [3.63, 3.8) is 0 Å². The maximum atomic E-state index is 13.1.